The molecule has 2 atom stereocenters. The first-order chi connectivity index (χ1) is 16.0. The quantitative estimate of drug-likeness (QED) is 0.507. The molecule has 1 aromatic carbocycles. The molecule has 4 rings (SSSR count). The number of fused-ring (bicyclic) bond motifs is 1. The van der Waals surface area contributed by atoms with Gasteiger partial charge < -0.3 is 0 Å². The molecule has 0 radical (unpaired) electrons. The maximum Gasteiger partial charge on any atom is 0.406 e. The van der Waals surface area contributed by atoms with E-state index in [1.54, 1.807) is 6.20 Å². The van der Waals surface area contributed by atoms with Crippen LogP contribution in [0.1, 0.15) is 80.3 Å². The van der Waals surface area contributed by atoms with Crippen LogP contribution in [-0.4, -0.2) is 16.7 Å². The lowest BCUT2D eigenvalue weighted by Crippen LogP contribution is -2.51. The summed E-state index contributed by atoms with van der Waals surface area (Å²) in [6.45, 7) is 6.64. The van der Waals surface area contributed by atoms with Crippen molar-refractivity contribution in [3.63, 3.8) is 0 Å². The summed E-state index contributed by atoms with van der Waals surface area (Å²) >= 11 is 0. The van der Waals surface area contributed by atoms with Gasteiger partial charge in [0, 0.05) is 12.7 Å². The normalized spacial score (nSPS) is 21.5. The van der Waals surface area contributed by atoms with Crippen molar-refractivity contribution < 1.29 is 13.2 Å². The van der Waals surface area contributed by atoms with Crippen molar-refractivity contribution in [3.05, 3.63) is 64.5 Å². The molecule has 0 spiro atoms. The van der Waals surface area contributed by atoms with E-state index < -0.39 is 11.7 Å². The molecular weight excluding hydrogens is 435 g/mol. The van der Waals surface area contributed by atoms with E-state index in [0.717, 1.165) is 42.7 Å². The number of halogens is 3. The average molecular weight is 468 g/mol. The zero-order valence-electron chi connectivity index (χ0n) is 20.3. The number of alkyl halides is 3. The molecular formula is C28H32F3N3. The van der Waals surface area contributed by atoms with Gasteiger partial charge in [-0.3, -0.25) is 10.3 Å². The average Bonchev–Trinajstić information content (AvgIpc) is 2.85. The van der Waals surface area contributed by atoms with E-state index in [0.29, 0.717) is 28.9 Å². The molecule has 2 aliphatic rings. The summed E-state index contributed by atoms with van der Waals surface area (Å²) in [5.74, 6) is 1.42. The SMILES string of the molecule is Cc1ccc2c(c1)C(C#N)=C(c1ccc(CNC(C)(C)C(F)(F)F)cn1)CC(C1CCC1)C2C. The lowest BCUT2D eigenvalue weighted by atomic mass is 9.67. The molecule has 1 saturated carbocycles. The Hall–Kier alpha value is -2.65. The fraction of sp³-hybridized carbons (Fsp3) is 0.500. The van der Waals surface area contributed by atoms with E-state index in [1.807, 2.05) is 19.1 Å². The number of aryl methyl sites for hydroxylation is 1. The van der Waals surface area contributed by atoms with Crippen LogP contribution >= 0.6 is 0 Å². The van der Waals surface area contributed by atoms with Gasteiger partial charge in [-0.2, -0.15) is 18.4 Å². The van der Waals surface area contributed by atoms with E-state index in [9.17, 15) is 18.4 Å². The first-order valence-electron chi connectivity index (χ1n) is 12.0. The fourth-order valence-corrected chi connectivity index (χ4v) is 5.13. The van der Waals surface area contributed by atoms with E-state index in [1.165, 1.54) is 24.8 Å². The topological polar surface area (TPSA) is 48.7 Å². The van der Waals surface area contributed by atoms with Gasteiger partial charge in [0.1, 0.15) is 11.6 Å². The number of benzene rings is 1. The second-order valence-electron chi connectivity index (χ2n) is 10.4. The number of nitrogens with one attached hydrogen (secondary N) is 1. The molecule has 1 N–H and O–H groups in total. The zero-order valence-corrected chi connectivity index (χ0v) is 20.3. The second kappa shape index (κ2) is 9.19. The Labute approximate surface area is 200 Å². The van der Waals surface area contributed by atoms with Gasteiger partial charge >= 0.3 is 6.18 Å². The van der Waals surface area contributed by atoms with Crippen LogP contribution in [0.3, 0.4) is 0 Å². The van der Waals surface area contributed by atoms with E-state index >= 15 is 0 Å². The molecule has 1 aromatic heterocycles. The number of pyridine rings is 1. The molecule has 1 heterocycles. The first-order valence-corrected chi connectivity index (χ1v) is 12.0. The molecule has 0 aliphatic heterocycles. The van der Waals surface area contributed by atoms with Crippen LogP contribution in [-0.2, 0) is 6.54 Å². The highest BCUT2D eigenvalue weighted by Gasteiger charge is 2.46. The zero-order chi connectivity index (χ0) is 24.7. The fourth-order valence-electron chi connectivity index (χ4n) is 5.13. The van der Waals surface area contributed by atoms with Crippen molar-refractivity contribution in [1.29, 1.82) is 5.26 Å². The number of aromatic nitrogens is 1. The number of allylic oxidation sites excluding steroid dienone is 2. The summed E-state index contributed by atoms with van der Waals surface area (Å²) in [5, 5.41) is 12.8. The smallest absolute Gasteiger partial charge is 0.300 e. The Kier molecular flexibility index (Phi) is 6.61. The minimum Gasteiger partial charge on any atom is -0.300 e. The van der Waals surface area contributed by atoms with Crippen LogP contribution in [0.2, 0.25) is 0 Å². The maximum absolute atomic E-state index is 13.2. The molecule has 2 unspecified atom stereocenters. The molecule has 2 aliphatic carbocycles. The van der Waals surface area contributed by atoms with Gasteiger partial charge in [0.2, 0.25) is 0 Å². The highest BCUT2D eigenvalue weighted by molar-refractivity contribution is 5.98. The van der Waals surface area contributed by atoms with Gasteiger partial charge in [-0.25, -0.2) is 0 Å². The maximum atomic E-state index is 13.2. The molecule has 0 amide bonds. The molecule has 3 nitrogen and oxygen atoms in total. The third-order valence-corrected chi connectivity index (χ3v) is 7.80. The molecule has 0 bridgehead atoms. The van der Waals surface area contributed by atoms with Gasteiger partial charge in [0.15, 0.2) is 0 Å². The summed E-state index contributed by atoms with van der Waals surface area (Å²) in [6.07, 6.45) is 1.77. The van der Waals surface area contributed by atoms with Crippen molar-refractivity contribution in [2.45, 2.75) is 77.6 Å². The number of hydrogen-bond acceptors (Lipinski definition) is 3. The summed E-state index contributed by atoms with van der Waals surface area (Å²) in [4.78, 5) is 4.63. The third kappa shape index (κ3) is 4.63. The van der Waals surface area contributed by atoms with E-state index in [-0.39, 0.29) is 6.54 Å². The number of hydrogen-bond donors (Lipinski definition) is 1. The molecule has 0 saturated heterocycles. The summed E-state index contributed by atoms with van der Waals surface area (Å²) in [5.41, 5.74) is 4.37. The van der Waals surface area contributed by atoms with Crippen molar-refractivity contribution in [3.8, 4) is 6.07 Å². The van der Waals surface area contributed by atoms with Crippen LogP contribution in [0.4, 0.5) is 13.2 Å². The largest absolute Gasteiger partial charge is 0.406 e. The number of rotatable bonds is 5. The van der Waals surface area contributed by atoms with Crippen LogP contribution in [0.25, 0.3) is 11.1 Å². The first kappa shape index (κ1) is 24.5. The van der Waals surface area contributed by atoms with E-state index in [2.05, 4.69) is 41.5 Å². The Morgan fingerprint density at radius 1 is 1.15 bits per heavy atom. The van der Waals surface area contributed by atoms with Crippen LogP contribution in [0, 0.1) is 30.1 Å². The highest BCUT2D eigenvalue weighted by Crippen LogP contribution is 2.50. The molecule has 2 aromatic rings. The van der Waals surface area contributed by atoms with Gasteiger partial charge in [-0.1, -0.05) is 56.0 Å². The standard InChI is InChI=1S/C28H32F3N3/c1-17-8-10-21-18(2)22(20-6-5-7-20)13-24(25(14-32)23(21)12-17)26-11-9-19(15-33-26)16-34-27(3,4)28(29,30)31/h8-12,15,18,20,22,34H,5-7,13,16H2,1-4H3. The van der Waals surface area contributed by atoms with Crippen molar-refractivity contribution in [1.82, 2.24) is 10.3 Å². The Morgan fingerprint density at radius 2 is 1.88 bits per heavy atom. The lowest BCUT2D eigenvalue weighted by molar-refractivity contribution is -0.186. The summed E-state index contributed by atoms with van der Waals surface area (Å²) in [6, 6.07) is 12.5. The second-order valence-corrected chi connectivity index (χ2v) is 10.4. The summed E-state index contributed by atoms with van der Waals surface area (Å²) in [7, 11) is 0. The van der Waals surface area contributed by atoms with Crippen molar-refractivity contribution in [2.24, 2.45) is 11.8 Å². The molecule has 180 valence electrons. The van der Waals surface area contributed by atoms with Crippen LogP contribution < -0.4 is 5.32 Å². The van der Waals surface area contributed by atoms with E-state index in [4.69, 9.17) is 0 Å². The minimum atomic E-state index is -4.34. The lowest BCUT2D eigenvalue weighted by Gasteiger charge is -2.37. The number of nitrogens with zero attached hydrogens (tertiary/aromatic N) is 2. The Morgan fingerprint density at radius 3 is 2.44 bits per heavy atom. The molecule has 34 heavy (non-hydrogen) atoms. The van der Waals surface area contributed by atoms with Crippen molar-refractivity contribution >= 4 is 11.1 Å². The van der Waals surface area contributed by atoms with Gasteiger partial charge in [0.25, 0.3) is 0 Å². The predicted octanol–water partition coefficient (Wildman–Crippen LogP) is 7.18. The Bertz CT molecular complexity index is 1120. The third-order valence-electron chi connectivity index (χ3n) is 7.80. The monoisotopic (exact) mass is 467 g/mol. The van der Waals surface area contributed by atoms with Crippen molar-refractivity contribution in [2.75, 3.05) is 0 Å². The van der Waals surface area contributed by atoms with Crippen LogP contribution in [0.15, 0.2) is 36.5 Å². The molecule has 1 fully saturated rings. The van der Waals surface area contributed by atoms with Gasteiger partial charge in [-0.05, 0) is 73.3 Å². The summed E-state index contributed by atoms with van der Waals surface area (Å²) < 4.78 is 39.5. The predicted molar refractivity (Wildman–Crippen MR) is 129 cm³/mol. The Balaban J connectivity index is 1.69. The van der Waals surface area contributed by atoms with Gasteiger partial charge in [0.05, 0.1) is 11.3 Å². The molecule has 6 heteroatoms. The van der Waals surface area contributed by atoms with Crippen LogP contribution in [0.5, 0.6) is 0 Å². The highest BCUT2D eigenvalue weighted by atomic mass is 19.4. The minimum absolute atomic E-state index is 0.0632. The van der Waals surface area contributed by atoms with Gasteiger partial charge in [-0.15, -0.1) is 0 Å². The number of nitriles is 1.